The van der Waals surface area contributed by atoms with E-state index in [1.54, 1.807) is 18.2 Å². The zero-order chi connectivity index (χ0) is 16.3. The van der Waals surface area contributed by atoms with Gasteiger partial charge in [0, 0.05) is 5.69 Å². The Kier molecular flexibility index (Phi) is 4.86. The summed E-state index contributed by atoms with van der Waals surface area (Å²) in [6.45, 7) is 7.99. The van der Waals surface area contributed by atoms with Gasteiger partial charge < -0.3 is 0 Å². The van der Waals surface area contributed by atoms with Crippen LogP contribution in [0, 0.1) is 13.8 Å². The minimum absolute atomic E-state index is 0.250. The van der Waals surface area contributed by atoms with Gasteiger partial charge >= 0.3 is 0 Å². The van der Waals surface area contributed by atoms with Gasteiger partial charge in [-0.2, -0.15) is 0 Å². The Balaban J connectivity index is 2.26. The number of pyridine rings is 1. The Labute approximate surface area is 132 Å². The molecule has 4 nitrogen and oxygen atoms in total. The molecule has 0 fully saturated rings. The van der Waals surface area contributed by atoms with Crippen molar-refractivity contribution in [1.82, 2.24) is 4.98 Å². The molecule has 0 bridgehead atoms. The molecule has 0 unspecified atom stereocenters. The predicted molar refractivity (Wildman–Crippen MR) is 89.7 cm³/mol. The van der Waals surface area contributed by atoms with E-state index in [1.807, 2.05) is 32.0 Å². The monoisotopic (exact) mass is 318 g/mol. The van der Waals surface area contributed by atoms with Crippen molar-refractivity contribution in [1.29, 1.82) is 0 Å². The highest BCUT2D eigenvalue weighted by Gasteiger charge is 2.15. The lowest BCUT2D eigenvalue weighted by Gasteiger charge is -2.11. The number of aryl methyl sites for hydroxylation is 2. The predicted octanol–water partition coefficient (Wildman–Crippen LogP) is 4.01. The second-order valence-corrected chi connectivity index (χ2v) is 7.34. The molecule has 0 spiro atoms. The molecule has 0 saturated carbocycles. The topological polar surface area (TPSA) is 59.1 Å². The Hall–Kier alpha value is -1.88. The summed E-state index contributed by atoms with van der Waals surface area (Å²) in [7, 11) is -3.61. The number of sulfonamides is 1. The summed E-state index contributed by atoms with van der Waals surface area (Å²) in [5, 5.41) is 0. The maximum absolute atomic E-state index is 12.4. The van der Waals surface area contributed by atoms with Crippen LogP contribution in [-0.4, -0.2) is 13.4 Å². The standard InChI is InChI=1S/C17H22N2O2S/c1-5-13(3)15-6-8-16(9-7-15)22(20,21)19-17-11-12(2)10-14(4)18-17/h6-11,13H,5H2,1-4H3,(H,18,19)/t13-/m1/s1. The van der Waals surface area contributed by atoms with E-state index in [0.29, 0.717) is 11.7 Å². The lowest BCUT2D eigenvalue weighted by molar-refractivity contribution is 0.601. The van der Waals surface area contributed by atoms with E-state index in [0.717, 1.165) is 23.2 Å². The molecule has 0 aliphatic carbocycles. The number of nitrogens with one attached hydrogen (secondary N) is 1. The van der Waals surface area contributed by atoms with Crippen LogP contribution in [-0.2, 0) is 10.0 Å². The molecule has 1 aromatic heterocycles. The summed E-state index contributed by atoms with van der Waals surface area (Å²) in [6.07, 6.45) is 1.02. The van der Waals surface area contributed by atoms with Crippen molar-refractivity contribution >= 4 is 15.8 Å². The molecule has 1 aromatic carbocycles. The van der Waals surface area contributed by atoms with Gasteiger partial charge in [0.2, 0.25) is 0 Å². The second-order valence-electron chi connectivity index (χ2n) is 5.65. The van der Waals surface area contributed by atoms with Crippen molar-refractivity contribution in [3.63, 3.8) is 0 Å². The zero-order valence-electron chi connectivity index (χ0n) is 13.4. The third-order valence-corrected chi connectivity index (χ3v) is 5.08. The quantitative estimate of drug-likeness (QED) is 0.906. The first kappa shape index (κ1) is 16.5. The molecule has 0 aliphatic heterocycles. The largest absolute Gasteiger partial charge is 0.263 e. The van der Waals surface area contributed by atoms with Gasteiger partial charge in [0.25, 0.3) is 10.0 Å². The lowest BCUT2D eigenvalue weighted by atomic mass is 9.99. The summed E-state index contributed by atoms with van der Waals surface area (Å²) in [5.41, 5.74) is 2.90. The van der Waals surface area contributed by atoms with Gasteiger partial charge in [-0.25, -0.2) is 13.4 Å². The molecule has 1 atom stereocenters. The third kappa shape index (κ3) is 3.85. The third-order valence-electron chi connectivity index (χ3n) is 3.71. The molecule has 2 aromatic rings. The van der Waals surface area contributed by atoms with Gasteiger partial charge in [-0.15, -0.1) is 0 Å². The van der Waals surface area contributed by atoms with E-state index in [1.165, 1.54) is 0 Å². The molecule has 22 heavy (non-hydrogen) atoms. The van der Waals surface area contributed by atoms with E-state index in [9.17, 15) is 8.42 Å². The fraction of sp³-hybridized carbons (Fsp3) is 0.353. The molecule has 0 radical (unpaired) electrons. The summed E-state index contributed by atoms with van der Waals surface area (Å²) >= 11 is 0. The van der Waals surface area contributed by atoms with Crippen molar-refractivity contribution in [2.24, 2.45) is 0 Å². The first-order chi connectivity index (χ1) is 10.3. The average Bonchev–Trinajstić information content (AvgIpc) is 2.45. The molecule has 1 heterocycles. The fourth-order valence-electron chi connectivity index (χ4n) is 2.30. The number of anilines is 1. The Morgan fingerprint density at radius 3 is 2.32 bits per heavy atom. The van der Waals surface area contributed by atoms with Gasteiger partial charge in [-0.3, -0.25) is 4.72 Å². The smallest absolute Gasteiger partial charge is 0.263 e. The first-order valence-corrected chi connectivity index (χ1v) is 8.88. The summed E-state index contributed by atoms with van der Waals surface area (Å²) in [5.74, 6) is 0.773. The Morgan fingerprint density at radius 1 is 1.14 bits per heavy atom. The Bertz CT molecular complexity index is 732. The van der Waals surface area contributed by atoms with Gasteiger partial charge in [0.15, 0.2) is 0 Å². The van der Waals surface area contributed by atoms with E-state index >= 15 is 0 Å². The van der Waals surface area contributed by atoms with Gasteiger partial charge in [-0.05, 0) is 61.6 Å². The molecule has 5 heteroatoms. The fourth-order valence-corrected chi connectivity index (χ4v) is 3.29. The SMILES string of the molecule is CC[C@@H](C)c1ccc(S(=O)(=O)Nc2cc(C)cc(C)n2)cc1. The van der Waals surface area contributed by atoms with Gasteiger partial charge in [-0.1, -0.05) is 26.0 Å². The van der Waals surface area contributed by atoms with E-state index < -0.39 is 10.0 Å². The summed E-state index contributed by atoms with van der Waals surface area (Å²) in [4.78, 5) is 4.46. The minimum Gasteiger partial charge on any atom is -0.263 e. The number of hydrogen-bond donors (Lipinski definition) is 1. The van der Waals surface area contributed by atoms with Gasteiger partial charge in [0.05, 0.1) is 4.90 Å². The molecule has 1 N–H and O–H groups in total. The number of aromatic nitrogens is 1. The molecule has 2 rings (SSSR count). The van der Waals surface area contributed by atoms with Crippen LogP contribution in [0.4, 0.5) is 5.82 Å². The van der Waals surface area contributed by atoms with Crippen LogP contribution in [0.15, 0.2) is 41.3 Å². The van der Waals surface area contributed by atoms with Gasteiger partial charge in [0.1, 0.15) is 5.82 Å². The van der Waals surface area contributed by atoms with E-state index in [-0.39, 0.29) is 4.90 Å². The van der Waals surface area contributed by atoms with Crippen LogP contribution in [0.5, 0.6) is 0 Å². The first-order valence-electron chi connectivity index (χ1n) is 7.40. The normalized spacial score (nSPS) is 12.9. The number of hydrogen-bond acceptors (Lipinski definition) is 3. The van der Waals surface area contributed by atoms with Crippen LogP contribution in [0.1, 0.15) is 43.0 Å². The molecule has 0 saturated heterocycles. The lowest BCUT2D eigenvalue weighted by Crippen LogP contribution is -2.14. The van der Waals surface area contributed by atoms with Crippen molar-refractivity contribution in [3.05, 3.63) is 53.2 Å². The molecular formula is C17H22N2O2S. The van der Waals surface area contributed by atoms with Crippen LogP contribution in [0.2, 0.25) is 0 Å². The highest BCUT2D eigenvalue weighted by atomic mass is 32.2. The van der Waals surface area contributed by atoms with Crippen LogP contribution >= 0.6 is 0 Å². The number of nitrogens with zero attached hydrogens (tertiary/aromatic N) is 1. The minimum atomic E-state index is -3.61. The number of rotatable bonds is 5. The molecular weight excluding hydrogens is 296 g/mol. The van der Waals surface area contributed by atoms with Crippen molar-refractivity contribution < 1.29 is 8.42 Å². The Morgan fingerprint density at radius 2 is 1.77 bits per heavy atom. The van der Waals surface area contributed by atoms with E-state index in [4.69, 9.17) is 0 Å². The number of benzene rings is 1. The van der Waals surface area contributed by atoms with Crippen LogP contribution in [0.25, 0.3) is 0 Å². The summed E-state index contributed by atoms with van der Waals surface area (Å²) < 4.78 is 27.4. The highest BCUT2D eigenvalue weighted by Crippen LogP contribution is 2.22. The highest BCUT2D eigenvalue weighted by molar-refractivity contribution is 7.92. The van der Waals surface area contributed by atoms with Crippen molar-refractivity contribution in [2.75, 3.05) is 4.72 Å². The summed E-state index contributed by atoms with van der Waals surface area (Å²) in [6, 6.07) is 10.7. The maximum Gasteiger partial charge on any atom is 0.263 e. The zero-order valence-corrected chi connectivity index (χ0v) is 14.2. The van der Waals surface area contributed by atoms with Crippen LogP contribution in [0.3, 0.4) is 0 Å². The molecule has 0 aliphatic rings. The van der Waals surface area contributed by atoms with Crippen LogP contribution < -0.4 is 4.72 Å². The van der Waals surface area contributed by atoms with Crippen molar-refractivity contribution in [2.45, 2.75) is 44.9 Å². The molecule has 0 amide bonds. The maximum atomic E-state index is 12.4. The second kappa shape index (κ2) is 6.48. The van der Waals surface area contributed by atoms with E-state index in [2.05, 4.69) is 23.6 Å². The average molecular weight is 318 g/mol. The molecule has 118 valence electrons. The van der Waals surface area contributed by atoms with Crippen molar-refractivity contribution in [3.8, 4) is 0 Å².